The van der Waals surface area contributed by atoms with Gasteiger partial charge in [0.25, 0.3) is 0 Å². The summed E-state index contributed by atoms with van der Waals surface area (Å²) in [6.45, 7) is 7.91. The van der Waals surface area contributed by atoms with Gasteiger partial charge in [0.1, 0.15) is 0 Å². The minimum atomic E-state index is 0.591. The highest BCUT2D eigenvalue weighted by Gasteiger charge is 2.25. The van der Waals surface area contributed by atoms with Crippen LogP contribution in [0.4, 0.5) is 0 Å². The van der Waals surface area contributed by atoms with Gasteiger partial charge in [-0.3, -0.25) is 4.90 Å². The SMILES string of the molecule is CCCC1CNC(C)CN1Cc1cccc2ccccc12. The van der Waals surface area contributed by atoms with Gasteiger partial charge in [-0.1, -0.05) is 55.8 Å². The average molecular weight is 282 g/mol. The Bertz CT molecular complexity index is 588. The van der Waals surface area contributed by atoms with E-state index in [1.54, 1.807) is 0 Å². The van der Waals surface area contributed by atoms with Gasteiger partial charge in [0, 0.05) is 31.7 Å². The first-order valence-corrected chi connectivity index (χ1v) is 8.22. The Morgan fingerprint density at radius 3 is 2.81 bits per heavy atom. The molecule has 3 rings (SSSR count). The van der Waals surface area contributed by atoms with E-state index in [4.69, 9.17) is 0 Å². The van der Waals surface area contributed by atoms with Crippen LogP contribution >= 0.6 is 0 Å². The summed E-state index contributed by atoms with van der Waals surface area (Å²) < 4.78 is 0. The Morgan fingerprint density at radius 1 is 1.14 bits per heavy atom. The van der Waals surface area contributed by atoms with E-state index in [1.165, 1.54) is 29.2 Å². The largest absolute Gasteiger partial charge is 0.311 e. The maximum Gasteiger partial charge on any atom is 0.0244 e. The van der Waals surface area contributed by atoms with Gasteiger partial charge in [-0.05, 0) is 29.7 Å². The predicted octanol–water partition coefficient (Wildman–Crippen LogP) is 3.80. The van der Waals surface area contributed by atoms with Crippen molar-refractivity contribution in [1.29, 1.82) is 0 Å². The molecule has 2 aromatic carbocycles. The summed E-state index contributed by atoms with van der Waals surface area (Å²) in [4.78, 5) is 2.67. The number of rotatable bonds is 4. The molecule has 0 amide bonds. The monoisotopic (exact) mass is 282 g/mol. The highest BCUT2D eigenvalue weighted by atomic mass is 15.2. The fourth-order valence-electron chi connectivity index (χ4n) is 3.49. The van der Waals surface area contributed by atoms with Crippen LogP contribution in [0.1, 0.15) is 32.3 Å². The molecule has 0 aliphatic carbocycles. The zero-order valence-electron chi connectivity index (χ0n) is 13.2. The van der Waals surface area contributed by atoms with Gasteiger partial charge in [-0.2, -0.15) is 0 Å². The van der Waals surface area contributed by atoms with Crippen molar-refractivity contribution in [1.82, 2.24) is 10.2 Å². The molecule has 0 bridgehead atoms. The molecule has 1 fully saturated rings. The highest BCUT2D eigenvalue weighted by molar-refractivity contribution is 5.85. The van der Waals surface area contributed by atoms with Crippen molar-refractivity contribution >= 4 is 10.8 Å². The van der Waals surface area contributed by atoms with Gasteiger partial charge in [-0.15, -0.1) is 0 Å². The Hall–Kier alpha value is -1.38. The molecule has 1 saturated heterocycles. The van der Waals surface area contributed by atoms with Crippen LogP contribution in [0.2, 0.25) is 0 Å². The van der Waals surface area contributed by atoms with Crippen molar-refractivity contribution in [3.8, 4) is 0 Å². The molecular weight excluding hydrogens is 256 g/mol. The fourth-order valence-corrected chi connectivity index (χ4v) is 3.49. The number of benzene rings is 2. The van der Waals surface area contributed by atoms with Crippen LogP contribution in [0.25, 0.3) is 10.8 Å². The second-order valence-corrected chi connectivity index (χ2v) is 6.32. The molecule has 0 saturated carbocycles. The summed E-state index contributed by atoms with van der Waals surface area (Å²) in [5, 5.41) is 6.38. The molecule has 2 nitrogen and oxygen atoms in total. The van der Waals surface area contributed by atoms with Gasteiger partial charge in [0.05, 0.1) is 0 Å². The van der Waals surface area contributed by atoms with Crippen LogP contribution in [-0.2, 0) is 6.54 Å². The number of nitrogens with one attached hydrogen (secondary N) is 1. The zero-order valence-corrected chi connectivity index (χ0v) is 13.2. The van der Waals surface area contributed by atoms with Gasteiger partial charge < -0.3 is 5.32 Å². The van der Waals surface area contributed by atoms with Crippen molar-refractivity contribution in [3.05, 3.63) is 48.0 Å². The van der Waals surface area contributed by atoms with Crippen LogP contribution in [0, 0.1) is 0 Å². The minimum absolute atomic E-state index is 0.591. The molecule has 0 aromatic heterocycles. The molecule has 21 heavy (non-hydrogen) atoms. The Kier molecular flexibility index (Phi) is 4.57. The van der Waals surface area contributed by atoms with E-state index >= 15 is 0 Å². The van der Waals surface area contributed by atoms with Crippen molar-refractivity contribution < 1.29 is 0 Å². The Labute approximate surface area is 128 Å². The molecular formula is C19H26N2. The maximum absolute atomic E-state index is 3.63. The summed E-state index contributed by atoms with van der Waals surface area (Å²) in [6.07, 6.45) is 2.54. The summed E-state index contributed by atoms with van der Waals surface area (Å²) >= 11 is 0. The van der Waals surface area contributed by atoms with Gasteiger partial charge >= 0.3 is 0 Å². The molecule has 1 aliphatic rings. The first-order valence-electron chi connectivity index (χ1n) is 8.22. The van der Waals surface area contributed by atoms with E-state index in [0.717, 1.165) is 19.6 Å². The van der Waals surface area contributed by atoms with E-state index < -0.39 is 0 Å². The van der Waals surface area contributed by atoms with Crippen LogP contribution in [0.5, 0.6) is 0 Å². The van der Waals surface area contributed by atoms with Crippen LogP contribution in [0.3, 0.4) is 0 Å². The Morgan fingerprint density at radius 2 is 1.95 bits per heavy atom. The van der Waals surface area contributed by atoms with Gasteiger partial charge in [0.2, 0.25) is 0 Å². The summed E-state index contributed by atoms with van der Waals surface area (Å²) in [7, 11) is 0. The normalized spacial score (nSPS) is 23.5. The van der Waals surface area contributed by atoms with E-state index in [2.05, 4.69) is 66.5 Å². The highest BCUT2D eigenvalue weighted by Crippen LogP contribution is 2.22. The number of hydrogen-bond acceptors (Lipinski definition) is 2. The van der Waals surface area contributed by atoms with Crippen molar-refractivity contribution in [3.63, 3.8) is 0 Å². The van der Waals surface area contributed by atoms with Crippen LogP contribution < -0.4 is 5.32 Å². The quantitative estimate of drug-likeness (QED) is 0.917. The number of fused-ring (bicyclic) bond motifs is 1. The summed E-state index contributed by atoms with van der Waals surface area (Å²) in [5.41, 5.74) is 1.46. The molecule has 0 radical (unpaired) electrons. The first-order chi connectivity index (χ1) is 10.3. The molecule has 1 aliphatic heterocycles. The number of piperazine rings is 1. The maximum atomic E-state index is 3.63. The standard InChI is InChI=1S/C19H26N2/c1-3-7-18-12-20-15(2)13-21(18)14-17-10-6-9-16-8-4-5-11-19(16)17/h4-6,8-11,15,18,20H,3,7,12-14H2,1-2H3. The van der Waals surface area contributed by atoms with E-state index in [0.29, 0.717) is 12.1 Å². The lowest BCUT2D eigenvalue weighted by Crippen LogP contribution is -2.54. The van der Waals surface area contributed by atoms with E-state index in [-0.39, 0.29) is 0 Å². The smallest absolute Gasteiger partial charge is 0.0244 e. The van der Waals surface area contributed by atoms with Gasteiger partial charge in [-0.25, -0.2) is 0 Å². The lowest BCUT2D eigenvalue weighted by atomic mass is 10.0. The third-order valence-corrected chi connectivity index (χ3v) is 4.60. The molecule has 2 heteroatoms. The number of nitrogens with zero attached hydrogens (tertiary/aromatic N) is 1. The van der Waals surface area contributed by atoms with E-state index in [9.17, 15) is 0 Å². The summed E-state index contributed by atoms with van der Waals surface area (Å²) in [6, 6.07) is 16.7. The molecule has 1 heterocycles. The molecule has 0 spiro atoms. The lowest BCUT2D eigenvalue weighted by molar-refractivity contribution is 0.120. The molecule has 112 valence electrons. The lowest BCUT2D eigenvalue weighted by Gasteiger charge is -2.39. The van der Waals surface area contributed by atoms with Crippen molar-refractivity contribution in [2.24, 2.45) is 0 Å². The topological polar surface area (TPSA) is 15.3 Å². The zero-order chi connectivity index (χ0) is 14.7. The Balaban J connectivity index is 1.85. The number of hydrogen-bond donors (Lipinski definition) is 1. The molecule has 1 N–H and O–H groups in total. The third kappa shape index (κ3) is 3.28. The van der Waals surface area contributed by atoms with Crippen molar-refractivity contribution in [2.75, 3.05) is 13.1 Å². The van der Waals surface area contributed by atoms with Crippen molar-refractivity contribution in [2.45, 2.75) is 45.3 Å². The minimum Gasteiger partial charge on any atom is -0.311 e. The molecule has 2 atom stereocenters. The molecule has 2 unspecified atom stereocenters. The second-order valence-electron chi connectivity index (χ2n) is 6.32. The second kappa shape index (κ2) is 6.59. The molecule has 2 aromatic rings. The van der Waals surface area contributed by atoms with Crippen LogP contribution in [0.15, 0.2) is 42.5 Å². The first kappa shape index (κ1) is 14.6. The van der Waals surface area contributed by atoms with Gasteiger partial charge in [0.15, 0.2) is 0 Å². The van der Waals surface area contributed by atoms with E-state index in [1.807, 2.05) is 0 Å². The predicted molar refractivity (Wildman–Crippen MR) is 90.5 cm³/mol. The average Bonchev–Trinajstić information content (AvgIpc) is 2.50. The van der Waals surface area contributed by atoms with Crippen LogP contribution in [-0.4, -0.2) is 30.1 Å². The third-order valence-electron chi connectivity index (χ3n) is 4.60. The summed E-state index contributed by atoms with van der Waals surface area (Å²) in [5.74, 6) is 0. The fraction of sp³-hybridized carbons (Fsp3) is 0.474.